The van der Waals surface area contributed by atoms with Crippen LogP contribution < -0.4 is 10.6 Å². The van der Waals surface area contributed by atoms with Gasteiger partial charge in [0, 0.05) is 18.0 Å². The molecule has 148 valence electrons. The highest BCUT2D eigenvalue weighted by Gasteiger charge is 2.31. The summed E-state index contributed by atoms with van der Waals surface area (Å²) in [6.45, 7) is 2.00. The molecule has 2 aromatic carbocycles. The third kappa shape index (κ3) is 4.84. The SMILES string of the molecule is CCc1ccccc1NC(=O)CSC1=C(C#N)[C@@H](c2ccccc2F)CC(=O)N1. The molecule has 3 rings (SSSR count). The summed E-state index contributed by atoms with van der Waals surface area (Å²) in [6.07, 6.45) is 0.775. The number of halogens is 1. The van der Waals surface area contributed by atoms with Gasteiger partial charge in [-0.2, -0.15) is 5.26 Å². The lowest BCUT2D eigenvalue weighted by atomic mass is 9.87. The first kappa shape index (κ1) is 20.6. The van der Waals surface area contributed by atoms with Crippen LogP contribution in [0.5, 0.6) is 0 Å². The molecule has 7 heteroatoms. The Hall–Kier alpha value is -3.11. The van der Waals surface area contributed by atoms with E-state index in [0.717, 1.165) is 29.4 Å². The van der Waals surface area contributed by atoms with Crippen LogP contribution in [0.15, 0.2) is 59.1 Å². The van der Waals surface area contributed by atoms with Gasteiger partial charge in [0.25, 0.3) is 0 Å². The van der Waals surface area contributed by atoms with Crippen molar-refractivity contribution in [1.29, 1.82) is 5.26 Å². The highest BCUT2D eigenvalue weighted by atomic mass is 32.2. The average Bonchev–Trinajstić information content (AvgIpc) is 2.72. The van der Waals surface area contributed by atoms with E-state index in [-0.39, 0.29) is 29.6 Å². The Morgan fingerprint density at radius 1 is 1.28 bits per heavy atom. The van der Waals surface area contributed by atoms with Gasteiger partial charge in [0.15, 0.2) is 0 Å². The number of hydrogen-bond donors (Lipinski definition) is 2. The molecule has 1 heterocycles. The van der Waals surface area contributed by atoms with Crippen molar-refractivity contribution in [3.8, 4) is 6.07 Å². The number of aryl methyl sites for hydroxylation is 1. The van der Waals surface area contributed by atoms with E-state index in [9.17, 15) is 19.2 Å². The van der Waals surface area contributed by atoms with Crippen molar-refractivity contribution in [2.75, 3.05) is 11.1 Å². The van der Waals surface area contributed by atoms with Gasteiger partial charge in [0.05, 0.1) is 22.4 Å². The van der Waals surface area contributed by atoms with Crippen molar-refractivity contribution >= 4 is 29.3 Å². The highest BCUT2D eigenvalue weighted by molar-refractivity contribution is 8.03. The van der Waals surface area contributed by atoms with Gasteiger partial charge in [-0.1, -0.05) is 55.1 Å². The lowest BCUT2D eigenvalue weighted by Crippen LogP contribution is -2.31. The fraction of sp³-hybridized carbons (Fsp3) is 0.227. The van der Waals surface area contributed by atoms with Gasteiger partial charge in [-0.15, -0.1) is 0 Å². The molecule has 1 atom stereocenters. The number of anilines is 1. The van der Waals surface area contributed by atoms with E-state index < -0.39 is 11.7 Å². The summed E-state index contributed by atoms with van der Waals surface area (Å²) in [5, 5.41) is 15.5. The quantitative estimate of drug-likeness (QED) is 0.753. The Kier molecular flexibility index (Phi) is 6.68. The van der Waals surface area contributed by atoms with Crippen molar-refractivity contribution in [3.05, 3.63) is 76.1 Å². The number of nitrogens with one attached hydrogen (secondary N) is 2. The number of amides is 2. The summed E-state index contributed by atoms with van der Waals surface area (Å²) in [5.41, 5.74) is 2.33. The molecule has 1 aliphatic heterocycles. The van der Waals surface area contributed by atoms with Crippen molar-refractivity contribution in [1.82, 2.24) is 5.32 Å². The van der Waals surface area contributed by atoms with Crippen LogP contribution in [-0.2, 0) is 16.0 Å². The number of rotatable bonds is 6. The number of allylic oxidation sites excluding steroid dienone is 1. The first-order chi connectivity index (χ1) is 14.0. The van der Waals surface area contributed by atoms with Crippen molar-refractivity contribution < 1.29 is 14.0 Å². The smallest absolute Gasteiger partial charge is 0.234 e. The number of benzene rings is 2. The molecule has 2 amide bonds. The predicted octanol–water partition coefficient (Wildman–Crippen LogP) is 4.10. The minimum absolute atomic E-state index is 0.00996. The number of para-hydroxylation sites is 1. The number of hydrogen-bond acceptors (Lipinski definition) is 4. The first-order valence-corrected chi connectivity index (χ1v) is 10.2. The fourth-order valence-electron chi connectivity index (χ4n) is 3.23. The molecule has 0 aromatic heterocycles. The van der Waals surface area contributed by atoms with Gasteiger partial charge in [-0.25, -0.2) is 4.39 Å². The molecule has 0 spiro atoms. The highest BCUT2D eigenvalue weighted by Crippen LogP contribution is 2.36. The summed E-state index contributed by atoms with van der Waals surface area (Å²) in [5.74, 6) is -1.66. The third-order valence-corrected chi connectivity index (χ3v) is 5.67. The molecule has 5 nitrogen and oxygen atoms in total. The number of nitrogens with zero attached hydrogens (tertiary/aromatic N) is 1. The van der Waals surface area contributed by atoms with E-state index in [2.05, 4.69) is 16.7 Å². The summed E-state index contributed by atoms with van der Waals surface area (Å²) in [6, 6.07) is 15.7. The lowest BCUT2D eigenvalue weighted by molar-refractivity contribution is -0.121. The minimum Gasteiger partial charge on any atom is -0.325 e. The molecule has 0 unspecified atom stereocenters. The van der Waals surface area contributed by atoms with Gasteiger partial charge in [0.1, 0.15) is 5.82 Å². The van der Waals surface area contributed by atoms with Crippen LogP contribution in [0.4, 0.5) is 10.1 Å². The zero-order valence-electron chi connectivity index (χ0n) is 15.9. The fourth-order valence-corrected chi connectivity index (χ4v) is 4.11. The largest absolute Gasteiger partial charge is 0.325 e. The molecule has 0 aliphatic carbocycles. The average molecular weight is 409 g/mol. The van der Waals surface area contributed by atoms with Crippen LogP contribution >= 0.6 is 11.8 Å². The summed E-state index contributed by atoms with van der Waals surface area (Å²) >= 11 is 1.07. The maximum Gasteiger partial charge on any atom is 0.234 e. The number of nitriles is 1. The molecule has 0 radical (unpaired) electrons. The molecule has 0 saturated heterocycles. The van der Waals surface area contributed by atoms with E-state index in [1.54, 1.807) is 18.2 Å². The van der Waals surface area contributed by atoms with Crippen LogP contribution in [0, 0.1) is 17.1 Å². The third-order valence-electron chi connectivity index (χ3n) is 4.66. The van der Waals surface area contributed by atoms with Gasteiger partial charge < -0.3 is 10.6 Å². The minimum atomic E-state index is -0.665. The number of carbonyl (C=O) groups excluding carboxylic acids is 2. The first-order valence-electron chi connectivity index (χ1n) is 9.22. The van der Waals surface area contributed by atoms with Crippen molar-refractivity contribution in [2.24, 2.45) is 0 Å². The predicted molar refractivity (Wildman–Crippen MR) is 111 cm³/mol. The monoisotopic (exact) mass is 409 g/mol. The molecular formula is C22H20FN3O2S. The Morgan fingerprint density at radius 2 is 2.00 bits per heavy atom. The number of carbonyl (C=O) groups is 2. The van der Waals surface area contributed by atoms with E-state index in [1.807, 2.05) is 31.2 Å². The topological polar surface area (TPSA) is 82.0 Å². The van der Waals surface area contributed by atoms with Gasteiger partial charge in [-0.05, 0) is 29.7 Å². The molecule has 2 N–H and O–H groups in total. The molecule has 29 heavy (non-hydrogen) atoms. The Bertz CT molecular complexity index is 1010. The summed E-state index contributed by atoms with van der Waals surface area (Å²) in [7, 11) is 0. The molecular weight excluding hydrogens is 389 g/mol. The second kappa shape index (κ2) is 9.39. The summed E-state index contributed by atoms with van der Waals surface area (Å²) in [4.78, 5) is 24.6. The van der Waals surface area contributed by atoms with E-state index in [0.29, 0.717) is 10.6 Å². The molecule has 2 aromatic rings. The second-order valence-corrected chi connectivity index (χ2v) is 7.51. The molecule has 0 fully saturated rings. The Balaban J connectivity index is 1.77. The van der Waals surface area contributed by atoms with Crippen LogP contribution in [0.1, 0.15) is 30.4 Å². The van der Waals surface area contributed by atoms with Gasteiger partial charge in [0.2, 0.25) is 11.8 Å². The molecule has 0 saturated carbocycles. The van der Waals surface area contributed by atoms with Gasteiger partial charge >= 0.3 is 0 Å². The zero-order valence-corrected chi connectivity index (χ0v) is 16.7. The number of thioether (sulfide) groups is 1. The summed E-state index contributed by atoms with van der Waals surface area (Å²) < 4.78 is 14.2. The van der Waals surface area contributed by atoms with Crippen molar-refractivity contribution in [2.45, 2.75) is 25.7 Å². The maximum atomic E-state index is 14.2. The van der Waals surface area contributed by atoms with Crippen LogP contribution in [0.3, 0.4) is 0 Å². The van der Waals surface area contributed by atoms with Crippen molar-refractivity contribution in [3.63, 3.8) is 0 Å². The zero-order chi connectivity index (χ0) is 20.8. The normalized spacial score (nSPS) is 16.2. The van der Waals surface area contributed by atoms with Gasteiger partial charge in [-0.3, -0.25) is 9.59 Å². The van der Waals surface area contributed by atoms with Crippen LogP contribution in [-0.4, -0.2) is 17.6 Å². The Labute approximate surface area is 173 Å². The van der Waals surface area contributed by atoms with E-state index in [4.69, 9.17) is 0 Å². The molecule has 0 bridgehead atoms. The van der Waals surface area contributed by atoms with Crippen LogP contribution in [0.25, 0.3) is 0 Å². The lowest BCUT2D eigenvalue weighted by Gasteiger charge is -2.25. The van der Waals surface area contributed by atoms with E-state index in [1.165, 1.54) is 6.07 Å². The molecule has 1 aliphatic rings. The van der Waals surface area contributed by atoms with E-state index >= 15 is 0 Å². The Morgan fingerprint density at radius 3 is 2.72 bits per heavy atom. The second-order valence-electron chi connectivity index (χ2n) is 6.53. The van der Waals surface area contributed by atoms with Crippen LogP contribution in [0.2, 0.25) is 0 Å². The standard InChI is InChI=1S/C22H20FN3O2S/c1-2-14-7-3-6-10-19(14)25-21(28)13-29-22-17(12-24)16(11-20(27)26-22)15-8-4-5-9-18(15)23/h3-10,16H,2,11,13H2,1H3,(H,25,28)(H,26,27)/t16-/m1/s1. The maximum absolute atomic E-state index is 14.2.